The fourth-order valence-electron chi connectivity index (χ4n) is 1.39. The van der Waals surface area contributed by atoms with Crippen molar-refractivity contribution in [2.75, 3.05) is 5.73 Å². The van der Waals surface area contributed by atoms with Crippen LogP contribution in [-0.2, 0) is 5.75 Å². The van der Waals surface area contributed by atoms with Crippen molar-refractivity contribution >= 4 is 33.4 Å². The first-order valence-corrected chi connectivity index (χ1v) is 6.85. The number of halogens is 2. The van der Waals surface area contributed by atoms with E-state index in [4.69, 9.17) is 5.73 Å². The van der Waals surface area contributed by atoms with Crippen molar-refractivity contribution in [2.24, 2.45) is 0 Å². The van der Waals surface area contributed by atoms with Crippen molar-refractivity contribution in [1.82, 2.24) is 0 Å². The van der Waals surface area contributed by atoms with Crippen LogP contribution in [0, 0.1) is 5.82 Å². The summed E-state index contributed by atoms with van der Waals surface area (Å²) in [6.45, 7) is 0. The molecule has 4 heteroatoms. The number of benzene rings is 2. The van der Waals surface area contributed by atoms with E-state index in [0.29, 0.717) is 11.4 Å². The van der Waals surface area contributed by atoms with Gasteiger partial charge in [-0.1, -0.05) is 15.9 Å². The number of rotatable bonds is 3. The molecule has 0 spiro atoms. The van der Waals surface area contributed by atoms with Crippen molar-refractivity contribution in [2.45, 2.75) is 10.6 Å². The maximum Gasteiger partial charge on any atom is 0.123 e. The highest BCUT2D eigenvalue weighted by molar-refractivity contribution is 9.10. The molecule has 0 bridgehead atoms. The first kappa shape index (κ1) is 12.5. The maximum atomic E-state index is 13.1. The van der Waals surface area contributed by atoms with Gasteiger partial charge in [-0.2, -0.15) is 0 Å². The van der Waals surface area contributed by atoms with Crippen LogP contribution in [0.15, 0.2) is 51.8 Å². The minimum absolute atomic E-state index is 0.245. The Labute approximate surface area is 112 Å². The predicted molar refractivity (Wildman–Crippen MR) is 74.5 cm³/mol. The minimum atomic E-state index is -0.245. The van der Waals surface area contributed by atoms with E-state index in [1.807, 2.05) is 24.3 Å². The molecule has 2 aromatic carbocycles. The standard InChI is InChI=1S/C13H11BrFNS/c14-10-1-4-12(5-2-10)17-8-9-7-11(15)3-6-13(9)16/h1-7H,8,16H2. The Bertz CT molecular complexity index is 513. The number of nitrogen functional groups attached to an aromatic ring is 1. The summed E-state index contributed by atoms with van der Waals surface area (Å²) >= 11 is 5.02. The lowest BCUT2D eigenvalue weighted by atomic mass is 10.2. The molecule has 0 unspecified atom stereocenters. The number of nitrogens with two attached hydrogens (primary N) is 1. The number of hydrogen-bond acceptors (Lipinski definition) is 2. The fourth-order valence-corrected chi connectivity index (χ4v) is 2.56. The van der Waals surface area contributed by atoms with Crippen LogP contribution in [0.5, 0.6) is 0 Å². The molecule has 1 nitrogen and oxygen atoms in total. The normalized spacial score (nSPS) is 10.5. The lowest BCUT2D eigenvalue weighted by Crippen LogP contribution is -1.93. The summed E-state index contributed by atoms with van der Waals surface area (Å²) < 4.78 is 14.1. The summed E-state index contributed by atoms with van der Waals surface area (Å²) in [6, 6.07) is 12.5. The van der Waals surface area contributed by atoms with Gasteiger partial charge in [-0.25, -0.2) is 4.39 Å². The molecule has 0 heterocycles. The van der Waals surface area contributed by atoms with E-state index in [1.54, 1.807) is 17.8 Å². The van der Waals surface area contributed by atoms with E-state index in [2.05, 4.69) is 15.9 Å². The average molecular weight is 312 g/mol. The highest BCUT2D eigenvalue weighted by atomic mass is 79.9. The van der Waals surface area contributed by atoms with E-state index in [0.717, 1.165) is 14.9 Å². The molecular weight excluding hydrogens is 301 g/mol. The molecule has 0 aliphatic heterocycles. The topological polar surface area (TPSA) is 26.0 Å². The summed E-state index contributed by atoms with van der Waals surface area (Å²) in [5, 5.41) is 0. The third-order valence-electron chi connectivity index (χ3n) is 2.31. The van der Waals surface area contributed by atoms with Gasteiger partial charge in [0.25, 0.3) is 0 Å². The van der Waals surface area contributed by atoms with Gasteiger partial charge >= 0.3 is 0 Å². The number of hydrogen-bond donors (Lipinski definition) is 1. The quantitative estimate of drug-likeness (QED) is 0.669. The highest BCUT2D eigenvalue weighted by Gasteiger charge is 2.02. The molecule has 0 saturated carbocycles. The Hall–Kier alpha value is -1.00. The molecule has 88 valence electrons. The van der Waals surface area contributed by atoms with Crippen LogP contribution in [0.2, 0.25) is 0 Å². The smallest absolute Gasteiger partial charge is 0.123 e. The Balaban J connectivity index is 2.07. The lowest BCUT2D eigenvalue weighted by molar-refractivity contribution is 0.627. The molecule has 0 atom stereocenters. The van der Waals surface area contributed by atoms with E-state index >= 15 is 0 Å². The van der Waals surface area contributed by atoms with E-state index < -0.39 is 0 Å². The molecule has 2 N–H and O–H groups in total. The highest BCUT2D eigenvalue weighted by Crippen LogP contribution is 2.27. The summed E-state index contributed by atoms with van der Waals surface area (Å²) in [5.74, 6) is 0.427. The third-order valence-corrected chi connectivity index (χ3v) is 3.90. The van der Waals surface area contributed by atoms with Gasteiger partial charge in [0.1, 0.15) is 5.82 Å². The average Bonchev–Trinajstić information content (AvgIpc) is 2.32. The van der Waals surface area contributed by atoms with Crippen molar-refractivity contribution in [3.8, 4) is 0 Å². The van der Waals surface area contributed by atoms with Gasteiger partial charge in [0.15, 0.2) is 0 Å². The number of anilines is 1. The van der Waals surface area contributed by atoms with E-state index in [9.17, 15) is 4.39 Å². The van der Waals surface area contributed by atoms with Gasteiger partial charge in [-0.05, 0) is 48.0 Å². The van der Waals surface area contributed by atoms with Crippen LogP contribution in [0.3, 0.4) is 0 Å². The molecule has 0 aromatic heterocycles. The Kier molecular flexibility index (Phi) is 4.07. The zero-order valence-electron chi connectivity index (χ0n) is 8.99. The molecule has 0 saturated heterocycles. The van der Waals surface area contributed by atoms with Crippen molar-refractivity contribution < 1.29 is 4.39 Å². The molecule has 0 amide bonds. The monoisotopic (exact) mass is 311 g/mol. The largest absolute Gasteiger partial charge is 0.398 e. The van der Waals surface area contributed by atoms with Gasteiger partial charge in [0.05, 0.1) is 0 Å². The van der Waals surface area contributed by atoms with E-state index in [-0.39, 0.29) is 5.82 Å². The Morgan fingerprint density at radius 1 is 1.12 bits per heavy atom. The summed E-state index contributed by atoms with van der Waals surface area (Å²) in [4.78, 5) is 1.14. The zero-order chi connectivity index (χ0) is 12.3. The Morgan fingerprint density at radius 3 is 2.53 bits per heavy atom. The molecule has 17 heavy (non-hydrogen) atoms. The molecule has 0 radical (unpaired) electrons. The predicted octanol–water partition coefficient (Wildman–Crippen LogP) is 4.46. The minimum Gasteiger partial charge on any atom is -0.398 e. The van der Waals surface area contributed by atoms with Gasteiger partial charge in [-0.15, -0.1) is 11.8 Å². The maximum absolute atomic E-state index is 13.1. The van der Waals surface area contributed by atoms with Crippen molar-refractivity contribution in [3.05, 3.63) is 58.3 Å². The SMILES string of the molecule is Nc1ccc(F)cc1CSc1ccc(Br)cc1. The second-order valence-corrected chi connectivity index (χ2v) is 5.55. The molecule has 0 fully saturated rings. The zero-order valence-corrected chi connectivity index (χ0v) is 11.4. The van der Waals surface area contributed by atoms with Crippen LogP contribution in [-0.4, -0.2) is 0 Å². The van der Waals surface area contributed by atoms with Crippen LogP contribution >= 0.6 is 27.7 Å². The first-order valence-electron chi connectivity index (χ1n) is 5.07. The molecule has 0 aliphatic carbocycles. The van der Waals surface area contributed by atoms with Crippen molar-refractivity contribution in [1.29, 1.82) is 0 Å². The van der Waals surface area contributed by atoms with Crippen LogP contribution in [0.25, 0.3) is 0 Å². The second-order valence-electron chi connectivity index (χ2n) is 3.59. The van der Waals surface area contributed by atoms with Gasteiger partial charge in [0, 0.05) is 20.8 Å². The molecular formula is C13H11BrFNS. The van der Waals surface area contributed by atoms with E-state index in [1.165, 1.54) is 12.1 Å². The van der Waals surface area contributed by atoms with Gasteiger partial charge in [0.2, 0.25) is 0 Å². The number of thioether (sulfide) groups is 1. The lowest BCUT2D eigenvalue weighted by Gasteiger charge is -2.05. The first-order chi connectivity index (χ1) is 8.15. The third kappa shape index (κ3) is 3.48. The summed E-state index contributed by atoms with van der Waals surface area (Å²) in [6.07, 6.45) is 0. The van der Waals surface area contributed by atoms with Crippen LogP contribution in [0.1, 0.15) is 5.56 Å². The van der Waals surface area contributed by atoms with Gasteiger partial charge in [-0.3, -0.25) is 0 Å². The van der Waals surface area contributed by atoms with Crippen LogP contribution < -0.4 is 5.73 Å². The fraction of sp³-hybridized carbons (Fsp3) is 0.0769. The van der Waals surface area contributed by atoms with Crippen LogP contribution in [0.4, 0.5) is 10.1 Å². The molecule has 2 aromatic rings. The Morgan fingerprint density at radius 2 is 1.82 bits per heavy atom. The van der Waals surface area contributed by atoms with Gasteiger partial charge < -0.3 is 5.73 Å². The summed E-state index contributed by atoms with van der Waals surface area (Å²) in [7, 11) is 0. The molecule has 2 rings (SSSR count). The molecule has 0 aliphatic rings. The van der Waals surface area contributed by atoms with Crippen molar-refractivity contribution in [3.63, 3.8) is 0 Å². The summed E-state index contributed by atoms with van der Waals surface area (Å²) in [5.41, 5.74) is 7.26. The second kappa shape index (κ2) is 5.56.